The monoisotopic (exact) mass is 265 g/mol. The first-order chi connectivity index (χ1) is 9.19. The Morgan fingerprint density at radius 2 is 2.21 bits per heavy atom. The molecule has 0 aliphatic heterocycles. The van der Waals surface area contributed by atoms with Crippen molar-refractivity contribution in [2.75, 3.05) is 13.6 Å². The molecule has 1 saturated carbocycles. The van der Waals surface area contributed by atoms with Crippen LogP contribution in [0.2, 0.25) is 0 Å². The molecule has 1 aromatic heterocycles. The lowest BCUT2D eigenvalue weighted by atomic mass is 9.89. The fraction of sp³-hybridized carbons (Fsp3) is 0.769. The van der Waals surface area contributed by atoms with Gasteiger partial charge in [0.1, 0.15) is 6.54 Å². The summed E-state index contributed by atoms with van der Waals surface area (Å²) in [5, 5.41) is 7.78. The van der Waals surface area contributed by atoms with Gasteiger partial charge in [0, 0.05) is 20.1 Å². The normalized spacial score (nSPS) is 16.5. The van der Waals surface area contributed by atoms with Crippen molar-refractivity contribution in [3.05, 3.63) is 11.9 Å². The third kappa shape index (κ3) is 4.02. The number of aromatic nitrogens is 3. The molecule has 1 aromatic rings. The zero-order chi connectivity index (χ0) is 13.7. The van der Waals surface area contributed by atoms with Gasteiger partial charge < -0.3 is 10.6 Å². The van der Waals surface area contributed by atoms with Crippen molar-refractivity contribution in [2.45, 2.75) is 45.2 Å². The summed E-state index contributed by atoms with van der Waals surface area (Å²) >= 11 is 0. The molecule has 2 rings (SSSR count). The third-order valence-corrected chi connectivity index (χ3v) is 3.78. The van der Waals surface area contributed by atoms with E-state index in [4.69, 9.17) is 5.73 Å². The molecule has 0 unspecified atom stereocenters. The zero-order valence-electron chi connectivity index (χ0n) is 11.6. The molecule has 19 heavy (non-hydrogen) atoms. The summed E-state index contributed by atoms with van der Waals surface area (Å²) in [6.45, 7) is 1.46. The van der Waals surface area contributed by atoms with Crippen molar-refractivity contribution in [1.82, 2.24) is 19.9 Å². The number of nitrogens with two attached hydrogens (primary N) is 1. The largest absolute Gasteiger partial charge is 0.344 e. The van der Waals surface area contributed by atoms with Gasteiger partial charge in [0.2, 0.25) is 5.91 Å². The molecule has 1 aliphatic rings. The highest BCUT2D eigenvalue weighted by Crippen LogP contribution is 2.24. The quantitative estimate of drug-likeness (QED) is 0.853. The molecule has 106 valence electrons. The molecule has 0 aromatic carbocycles. The Labute approximate surface area is 113 Å². The lowest BCUT2D eigenvalue weighted by molar-refractivity contribution is -0.131. The molecule has 0 atom stereocenters. The van der Waals surface area contributed by atoms with E-state index in [2.05, 4.69) is 10.3 Å². The number of rotatable bonds is 5. The van der Waals surface area contributed by atoms with Crippen LogP contribution in [0, 0.1) is 5.92 Å². The number of nitrogens with zero attached hydrogens (tertiary/aromatic N) is 4. The molecule has 0 spiro atoms. The van der Waals surface area contributed by atoms with Crippen LogP contribution in [0.3, 0.4) is 0 Å². The minimum Gasteiger partial charge on any atom is -0.344 e. The summed E-state index contributed by atoms with van der Waals surface area (Å²) in [4.78, 5) is 13.9. The molecule has 0 saturated heterocycles. The molecule has 1 aliphatic carbocycles. The summed E-state index contributed by atoms with van der Waals surface area (Å²) in [6.07, 6.45) is 8.17. The highest BCUT2D eigenvalue weighted by Gasteiger charge is 2.18. The second-order valence-electron chi connectivity index (χ2n) is 5.39. The first-order valence-electron chi connectivity index (χ1n) is 7.02. The molecule has 2 N–H and O–H groups in total. The summed E-state index contributed by atoms with van der Waals surface area (Å²) < 4.78 is 1.56. The molecule has 1 amide bonds. The smallest absolute Gasteiger partial charge is 0.244 e. The Morgan fingerprint density at radius 1 is 1.47 bits per heavy atom. The molecule has 0 bridgehead atoms. The van der Waals surface area contributed by atoms with Crippen molar-refractivity contribution in [3.8, 4) is 0 Å². The highest BCUT2D eigenvalue weighted by molar-refractivity contribution is 5.75. The van der Waals surface area contributed by atoms with Gasteiger partial charge in [-0.15, -0.1) is 5.10 Å². The van der Waals surface area contributed by atoms with Gasteiger partial charge in [-0.05, 0) is 18.8 Å². The maximum Gasteiger partial charge on any atom is 0.244 e. The van der Waals surface area contributed by atoms with E-state index in [-0.39, 0.29) is 12.5 Å². The van der Waals surface area contributed by atoms with E-state index in [0.29, 0.717) is 18.2 Å². The SMILES string of the molecule is CN(CC1CCCCC1)C(=O)Cn1cc(CN)nn1. The summed E-state index contributed by atoms with van der Waals surface area (Å²) in [6, 6.07) is 0. The van der Waals surface area contributed by atoms with Gasteiger partial charge in [-0.1, -0.05) is 24.5 Å². The van der Waals surface area contributed by atoms with Gasteiger partial charge in [0.05, 0.1) is 11.9 Å². The predicted molar refractivity (Wildman–Crippen MR) is 72.1 cm³/mol. The number of amides is 1. The first-order valence-corrected chi connectivity index (χ1v) is 7.02. The molecule has 0 radical (unpaired) electrons. The van der Waals surface area contributed by atoms with Crippen molar-refractivity contribution >= 4 is 5.91 Å². The van der Waals surface area contributed by atoms with Gasteiger partial charge in [-0.25, -0.2) is 4.68 Å². The Bertz CT molecular complexity index is 411. The number of carbonyl (C=O) groups is 1. The predicted octanol–water partition coefficient (Wildman–Crippen LogP) is 0.776. The van der Waals surface area contributed by atoms with E-state index in [1.807, 2.05) is 11.9 Å². The first kappa shape index (κ1) is 14.0. The third-order valence-electron chi connectivity index (χ3n) is 3.78. The van der Waals surface area contributed by atoms with Gasteiger partial charge in [0.25, 0.3) is 0 Å². The Morgan fingerprint density at radius 3 is 2.84 bits per heavy atom. The van der Waals surface area contributed by atoms with Crippen LogP contribution in [0.15, 0.2) is 6.20 Å². The zero-order valence-corrected chi connectivity index (χ0v) is 11.6. The van der Waals surface area contributed by atoms with Crippen LogP contribution in [-0.4, -0.2) is 39.4 Å². The van der Waals surface area contributed by atoms with Crippen molar-refractivity contribution in [1.29, 1.82) is 0 Å². The topological polar surface area (TPSA) is 77.0 Å². The second-order valence-corrected chi connectivity index (χ2v) is 5.39. The number of hydrogen-bond acceptors (Lipinski definition) is 4. The summed E-state index contributed by atoms with van der Waals surface area (Å²) in [7, 11) is 1.87. The van der Waals surface area contributed by atoms with Crippen LogP contribution < -0.4 is 5.73 Å². The van der Waals surface area contributed by atoms with Gasteiger partial charge in [-0.3, -0.25) is 4.79 Å². The fourth-order valence-corrected chi connectivity index (χ4v) is 2.63. The molecule has 1 fully saturated rings. The lowest BCUT2D eigenvalue weighted by Gasteiger charge is -2.27. The van der Waals surface area contributed by atoms with Crippen LogP contribution in [-0.2, 0) is 17.9 Å². The Kier molecular flexibility index (Phi) is 4.90. The van der Waals surface area contributed by atoms with E-state index in [9.17, 15) is 4.79 Å². The summed E-state index contributed by atoms with van der Waals surface area (Å²) in [5.41, 5.74) is 6.18. The maximum absolute atomic E-state index is 12.1. The summed E-state index contributed by atoms with van der Waals surface area (Å²) in [5.74, 6) is 0.747. The number of hydrogen-bond donors (Lipinski definition) is 1. The van der Waals surface area contributed by atoms with Crippen molar-refractivity contribution in [3.63, 3.8) is 0 Å². The standard InChI is InChI=1S/C13H23N5O/c1-17(8-11-5-3-2-4-6-11)13(19)10-18-9-12(7-14)15-16-18/h9,11H,2-8,10,14H2,1H3. The van der Waals surface area contributed by atoms with E-state index < -0.39 is 0 Å². The van der Waals surface area contributed by atoms with E-state index >= 15 is 0 Å². The average Bonchev–Trinajstić information content (AvgIpc) is 2.87. The molecular formula is C13H23N5O. The Balaban J connectivity index is 1.81. The lowest BCUT2D eigenvalue weighted by Crippen LogP contribution is -2.35. The molecular weight excluding hydrogens is 242 g/mol. The van der Waals surface area contributed by atoms with Crippen LogP contribution in [0.5, 0.6) is 0 Å². The van der Waals surface area contributed by atoms with Crippen molar-refractivity contribution < 1.29 is 4.79 Å². The molecule has 1 heterocycles. The van der Waals surface area contributed by atoms with E-state index in [1.54, 1.807) is 10.9 Å². The highest BCUT2D eigenvalue weighted by atomic mass is 16.2. The van der Waals surface area contributed by atoms with Crippen LogP contribution in [0.1, 0.15) is 37.8 Å². The van der Waals surface area contributed by atoms with Gasteiger partial charge in [0.15, 0.2) is 0 Å². The minimum absolute atomic E-state index is 0.0824. The minimum atomic E-state index is 0.0824. The van der Waals surface area contributed by atoms with Crippen LogP contribution in [0.4, 0.5) is 0 Å². The molecule has 6 heteroatoms. The van der Waals surface area contributed by atoms with E-state index in [1.165, 1.54) is 32.1 Å². The maximum atomic E-state index is 12.1. The fourth-order valence-electron chi connectivity index (χ4n) is 2.63. The van der Waals surface area contributed by atoms with E-state index in [0.717, 1.165) is 6.54 Å². The number of likely N-dealkylation sites (N-methyl/N-ethyl adjacent to an activating group) is 1. The average molecular weight is 265 g/mol. The van der Waals surface area contributed by atoms with Crippen molar-refractivity contribution in [2.24, 2.45) is 11.7 Å². The van der Waals surface area contributed by atoms with Gasteiger partial charge >= 0.3 is 0 Å². The second kappa shape index (κ2) is 6.65. The molecule has 6 nitrogen and oxygen atoms in total. The van der Waals surface area contributed by atoms with Crippen LogP contribution in [0.25, 0.3) is 0 Å². The van der Waals surface area contributed by atoms with Crippen LogP contribution >= 0.6 is 0 Å². The van der Waals surface area contributed by atoms with Gasteiger partial charge in [-0.2, -0.15) is 0 Å². The number of carbonyl (C=O) groups excluding carboxylic acids is 1. The Hall–Kier alpha value is -1.43.